The van der Waals surface area contributed by atoms with Crippen molar-refractivity contribution < 1.29 is 18.7 Å². The van der Waals surface area contributed by atoms with E-state index in [1.165, 1.54) is 16.8 Å². The smallest absolute Gasteiger partial charge is 0.272 e. The number of aromatic nitrogens is 2. The molecule has 5 nitrogen and oxygen atoms in total. The second-order valence-electron chi connectivity index (χ2n) is 10.1. The number of benzene rings is 1. The predicted molar refractivity (Wildman–Crippen MR) is 117 cm³/mol. The largest absolute Gasteiger partial charge is 0.394 e. The van der Waals surface area contributed by atoms with Gasteiger partial charge < -0.3 is 10.4 Å². The summed E-state index contributed by atoms with van der Waals surface area (Å²) in [5.74, 6) is -1.33. The van der Waals surface area contributed by atoms with Crippen molar-refractivity contribution in [2.24, 2.45) is 11.3 Å². The van der Waals surface area contributed by atoms with Crippen molar-refractivity contribution in [2.45, 2.75) is 72.3 Å². The van der Waals surface area contributed by atoms with Crippen molar-refractivity contribution in [1.29, 1.82) is 0 Å². The Balaban J connectivity index is 2.18. The number of hydrogen-bond donors (Lipinski definition) is 2. The van der Waals surface area contributed by atoms with E-state index in [4.69, 9.17) is 0 Å². The number of rotatable bonds is 5. The molecule has 170 valence electrons. The van der Waals surface area contributed by atoms with E-state index in [9.17, 15) is 18.7 Å². The van der Waals surface area contributed by atoms with Crippen LogP contribution in [0.25, 0.3) is 5.69 Å². The van der Waals surface area contributed by atoms with Crippen LogP contribution in [0, 0.1) is 23.0 Å². The molecule has 31 heavy (non-hydrogen) atoms. The molecule has 3 atom stereocenters. The van der Waals surface area contributed by atoms with Crippen LogP contribution in [0.4, 0.5) is 8.78 Å². The normalized spacial score (nSPS) is 19.9. The van der Waals surface area contributed by atoms with Gasteiger partial charge in [-0.1, -0.05) is 41.5 Å². The molecule has 3 rings (SSSR count). The Bertz CT molecular complexity index is 962. The van der Waals surface area contributed by atoms with Gasteiger partial charge in [0.15, 0.2) is 11.5 Å². The number of amides is 1. The van der Waals surface area contributed by atoms with E-state index < -0.39 is 17.7 Å². The van der Waals surface area contributed by atoms with Gasteiger partial charge in [0.25, 0.3) is 5.91 Å². The number of carbonyl (C=O) groups is 1. The van der Waals surface area contributed by atoms with Crippen LogP contribution in [0.2, 0.25) is 0 Å². The van der Waals surface area contributed by atoms with E-state index in [-0.39, 0.29) is 47.1 Å². The predicted octanol–water partition coefficient (Wildman–Crippen LogP) is 4.92. The first-order valence-electron chi connectivity index (χ1n) is 11.0. The Morgan fingerprint density at radius 1 is 1.29 bits per heavy atom. The van der Waals surface area contributed by atoms with Crippen molar-refractivity contribution in [1.82, 2.24) is 15.1 Å². The van der Waals surface area contributed by atoms with Crippen LogP contribution in [0.3, 0.4) is 0 Å². The molecular weight excluding hydrogens is 400 g/mol. The fourth-order valence-corrected chi connectivity index (χ4v) is 4.41. The van der Waals surface area contributed by atoms with Gasteiger partial charge in [-0.25, -0.2) is 13.5 Å². The van der Waals surface area contributed by atoms with Gasteiger partial charge in [0.1, 0.15) is 11.5 Å². The van der Waals surface area contributed by atoms with E-state index in [1.807, 2.05) is 27.7 Å². The van der Waals surface area contributed by atoms with Gasteiger partial charge in [-0.2, -0.15) is 5.10 Å². The molecule has 1 aromatic heterocycles. The molecule has 1 aliphatic rings. The lowest BCUT2D eigenvalue weighted by Crippen LogP contribution is -2.46. The van der Waals surface area contributed by atoms with Gasteiger partial charge in [0.05, 0.1) is 18.3 Å². The molecule has 0 bridgehead atoms. The SMILES string of the molecule is CC(C)C1CC[C@@H](C)c2c(C(=O)NC(CO)C(C)(C)C)nn(-c3ccc(F)cc3F)c21. The van der Waals surface area contributed by atoms with Gasteiger partial charge >= 0.3 is 0 Å². The van der Waals surface area contributed by atoms with Crippen molar-refractivity contribution in [2.75, 3.05) is 6.61 Å². The highest BCUT2D eigenvalue weighted by Gasteiger charge is 2.37. The first-order valence-corrected chi connectivity index (χ1v) is 11.0. The number of halogens is 2. The topological polar surface area (TPSA) is 67.2 Å². The van der Waals surface area contributed by atoms with E-state index in [2.05, 4.69) is 24.3 Å². The second kappa shape index (κ2) is 8.69. The maximum Gasteiger partial charge on any atom is 0.272 e. The molecule has 0 fully saturated rings. The number of aliphatic hydroxyl groups excluding tert-OH is 1. The van der Waals surface area contributed by atoms with Gasteiger partial charge in [-0.15, -0.1) is 0 Å². The third-order valence-electron chi connectivity index (χ3n) is 6.40. The Morgan fingerprint density at radius 2 is 1.97 bits per heavy atom. The molecule has 1 heterocycles. The van der Waals surface area contributed by atoms with Crippen molar-refractivity contribution in [3.8, 4) is 5.69 Å². The van der Waals surface area contributed by atoms with Crippen LogP contribution in [0.1, 0.15) is 88.0 Å². The van der Waals surface area contributed by atoms with Gasteiger partial charge in [-0.3, -0.25) is 4.79 Å². The lowest BCUT2D eigenvalue weighted by Gasteiger charge is -2.32. The first kappa shape index (κ1) is 23.4. The summed E-state index contributed by atoms with van der Waals surface area (Å²) in [6.45, 7) is 11.9. The lowest BCUT2D eigenvalue weighted by molar-refractivity contribution is 0.0841. The zero-order valence-electron chi connectivity index (χ0n) is 19.2. The molecule has 7 heteroatoms. The molecule has 0 aliphatic heterocycles. The van der Waals surface area contributed by atoms with Crippen molar-refractivity contribution >= 4 is 5.91 Å². The summed E-state index contributed by atoms with van der Waals surface area (Å²) in [4.78, 5) is 13.3. The molecule has 0 radical (unpaired) electrons. The second-order valence-corrected chi connectivity index (χ2v) is 10.1. The van der Waals surface area contributed by atoms with Gasteiger partial charge in [0.2, 0.25) is 0 Å². The number of nitrogens with one attached hydrogen (secondary N) is 1. The number of nitrogens with zero attached hydrogens (tertiary/aromatic N) is 2. The van der Waals surface area contributed by atoms with Gasteiger partial charge in [-0.05, 0) is 42.2 Å². The Morgan fingerprint density at radius 3 is 2.52 bits per heavy atom. The summed E-state index contributed by atoms with van der Waals surface area (Å²) in [6.07, 6.45) is 1.80. The first-order chi connectivity index (χ1) is 14.5. The summed E-state index contributed by atoms with van der Waals surface area (Å²) in [6, 6.07) is 2.94. The molecule has 1 aliphatic carbocycles. The van der Waals surface area contributed by atoms with Crippen molar-refractivity contribution in [3.05, 3.63) is 46.8 Å². The van der Waals surface area contributed by atoms with Crippen LogP contribution < -0.4 is 5.32 Å². The lowest BCUT2D eigenvalue weighted by atomic mass is 9.75. The minimum atomic E-state index is -0.721. The summed E-state index contributed by atoms with van der Waals surface area (Å²) >= 11 is 0. The zero-order valence-corrected chi connectivity index (χ0v) is 19.2. The summed E-state index contributed by atoms with van der Waals surface area (Å²) in [5, 5.41) is 17.3. The molecule has 1 aromatic carbocycles. The summed E-state index contributed by atoms with van der Waals surface area (Å²) in [7, 11) is 0. The molecular formula is C24H33F2N3O2. The third kappa shape index (κ3) is 4.52. The van der Waals surface area contributed by atoms with Crippen LogP contribution in [0.5, 0.6) is 0 Å². The molecule has 2 aromatic rings. The molecule has 2 unspecified atom stereocenters. The van der Waals surface area contributed by atoms with E-state index >= 15 is 0 Å². The highest BCUT2D eigenvalue weighted by atomic mass is 19.1. The maximum atomic E-state index is 14.7. The van der Waals surface area contributed by atoms with Crippen LogP contribution >= 0.6 is 0 Å². The van der Waals surface area contributed by atoms with E-state index in [0.29, 0.717) is 0 Å². The molecule has 0 saturated carbocycles. The van der Waals surface area contributed by atoms with Crippen LogP contribution in [-0.4, -0.2) is 33.4 Å². The average molecular weight is 434 g/mol. The Kier molecular flexibility index (Phi) is 6.56. The number of aliphatic hydroxyl groups is 1. The average Bonchev–Trinajstić information content (AvgIpc) is 3.06. The van der Waals surface area contributed by atoms with Crippen LogP contribution in [0.15, 0.2) is 18.2 Å². The summed E-state index contributed by atoms with van der Waals surface area (Å²) < 4.78 is 29.8. The highest BCUT2D eigenvalue weighted by molar-refractivity contribution is 5.94. The van der Waals surface area contributed by atoms with Gasteiger partial charge in [0, 0.05) is 17.5 Å². The quantitative estimate of drug-likeness (QED) is 0.703. The monoisotopic (exact) mass is 433 g/mol. The molecule has 0 saturated heterocycles. The number of carbonyl (C=O) groups excluding carboxylic acids is 1. The Labute approximate surface area is 182 Å². The molecule has 0 spiro atoms. The fourth-order valence-electron chi connectivity index (χ4n) is 4.41. The minimum Gasteiger partial charge on any atom is -0.394 e. The Hall–Kier alpha value is -2.28. The van der Waals surface area contributed by atoms with E-state index in [1.54, 1.807) is 0 Å². The van der Waals surface area contributed by atoms with E-state index in [0.717, 1.165) is 30.2 Å². The molecule has 1 amide bonds. The maximum absolute atomic E-state index is 14.7. The number of fused-ring (bicyclic) bond motifs is 1. The van der Waals surface area contributed by atoms with Crippen molar-refractivity contribution in [3.63, 3.8) is 0 Å². The fraction of sp³-hybridized carbons (Fsp3) is 0.583. The minimum absolute atomic E-state index is 0.0743. The molecule has 2 N–H and O–H groups in total. The number of hydrogen-bond acceptors (Lipinski definition) is 3. The summed E-state index contributed by atoms with van der Waals surface area (Å²) in [5.41, 5.74) is 1.67. The zero-order chi connectivity index (χ0) is 23.1. The third-order valence-corrected chi connectivity index (χ3v) is 6.40. The standard InChI is InChI=1S/C24H33F2N3O2/c1-13(2)16-9-7-14(3)20-21(23(31)27-19(12-30)24(4,5)6)28-29(22(16)20)18-10-8-15(25)11-17(18)26/h8,10-11,13-14,16,19,30H,7,9,12H2,1-6H3,(H,27,31)/t14-,16?,19?/m1/s1. The highest BCUT2D eigenvalue weighted by Crippen LogP contribution is 2.44. The van der Waals surface area contributed by atoms with Crippen LogP contribution in [-0.2, 0) is 0 Å².